The van der Waals surface area contributed by atoms with Gasteiger partial charge in [0.05, 0.1) is 24.6 Å². The highest BCUT2D eigenvalue weighted by atomic mass is 35.5. The summed E-state index contributed by atoms with van der Waals surface area (Å²) in [7, 11) is 1.46. The van der Waals surface area contributed by atoms with E-state index in [4.69, 9.17) is 25.5 Å². The minimum Gasteiger partial charge on any atom is -0.495 e. The van der Waals surface area contributed by atoms with Crippen molar-refractivity contribution in [2.45, 2.75) is 0 Å². The molecule has 0 spiro atoms. The molecule has 2 aromatic carbocycles. The van der Waals surface area contributed by atoms with Crippen LogP contribution in [0.15, 0.2) is 65.3 Å². The summed E-state index contributed by atoms with van der Waals surface area (Å²) in [5.74, 6) is -1.12. The van der Waals surface area contributed by atoms with Crippen LogP contribution in [0.3, 0.4) is 0 Å². The number of anilines is 1. The van der Waals surface area contributed by atoms with E-state index in [-0.39, 0.29) is 23.7 Å². The predicted octanol–water partition coefficient (Wildman–Crippen LogP) is 3.03. The first-order chi connectivity index (χ1) is 15.0. The zero-order valence-electron chi connectivity index (χ0n) is 16.3. The van der Waals surface area contributed by atoms with Gasteiger partial charge < -0.3 is 19.2 Å². The monoisotopic (exact) mass is 443 g/mol. The Balaban J connectivity index is 1.59. The second-order valence-electron chi connectivity index (χ2n) is 6.06. The van der Waals surface area contributed by atoms with Crippen molar-refractivity contribution in [2.75, 3.05) is 19.0 Å². The number of furan rings is 1. The molecule has 9 nitrogen and oxygen atoms in total. The lowest BCUT2D eigenvalue weighted by Crippen LogP contribution is -2.41. The van der Waals surface area contributed by atoms with Crippen molar-refractivity contribution in [3.63, 3.8) is 0 Å². The zero-order chi connectivity index (χ0) is 22.2. The molecule has 0 saturated carbocycles. The van der Waals surface area contributed by atoms with Gasteiger partial charge in [-0.1, -0.05) is 23.7 Å². The predicted molar refractivity (Wildman–Crippen MR) is 112 cm³/mol. The molecular weight excluding hydrogens is 426 g/mol. The van der Waals surface area contributed by atoms with Crippen LogP contribution in [0.4, 0.5) is 5.69 Å². The van der Waals surface area contributed by atoms with Crippen LogP contribution in [-0.4, -0.2) is 31.4 Å². The largest absolute Gasteiger partial charge is 0.495 e. The molecular formula is C21H18ClN3O6. The molecule has 3 aromatic rings. The molecule has 0 saturated heterocycles. The Kier molecular flexibility index (Phi) is 7.13. The molecule has 0 aliphatic heterocycles. The quantitative estimate of drug-likeness (QED) is 0.483. The van der Waals surface area contributed by atoms with Crippen LogP contribution in [0.1, 0.15) is 20.9 Å². The summed E-state index contributed by atoms with van der Waals surface area (Å²) in [5.41, 5.74) is 5.05. The zero-order valence-corrected chi connectivity index (χ0v) is 17.1. The van der Waals surface area contributed by atoms with Crippen LogP contribution < -0.4 is 25.6 Å². The number of carbonyl (C=O) groups excluding carboxylic acids is 3. The van der Waals surface area contributed by atoms with E-state index in [0.29, 0.717) is 16.5 Å². The van der Waals surface area contributed by atoms with E-state index in [2.05, 4.69) is 16.2 Å². The number of benzene rings is 2. The van der Waals surface area contributed by atoms with Crippen LogP contribution in [0.2, 0.25) is 5.02 Å². The van der Waals surface area contributed by atoms with E-state index >= 15 is 0 Å². The third-order valence-electron chi connectivity index (χ3n) is 3.96. The Morgan fingerprint density at radius 1 is 0.968 bits per heavy atom. The lowest BCUT2D eigenvalue weighted by molar-refractivity contribution is -0.118. The summed E-state index contributed by atoms with van der Waals surface area (Å²) in [4.78, 5) is 36.6. The third kappa shape index (κ3) is 5.77. The van der Waals surface area contributed by atoms with E-state index < -0.39 is 17.7 Å². The Hall–Kier alpha value is -3.98. The maximum atomic E-state index is 12.4. The molecule has 3 amide bonds. The van der Waals surface area contributed by atoms with E-state index in [9.17, 15) is 14.4 Å². The van der Waals surface area contributed by atoms with Gasteiger partial charge >= 0.3 is 5.91 Å². The maximum absolute atomic E-state index is 12.4. The van der Waals surface area contributed by atoms with Gasteiger partial charge in [-0.25, -0.2) is 0 Å². The summed E-state index contributed by atoms with van der Waals surface area (Å²) in [5, 5.41) is 3.11. The Bertz CT molecular complexity index is 1080. The van der Waals surface area contributed by atoms with Gasteiger partial charge in [0, 0.05) is 11.1 Å². The molecule has 160 valence electrons. The molecule has 0 aliphatic rings. The number of hydrogen-bond acceptors (Lipinski definition) is 6. The molecule has 0 aliphatic carbocycles. The fourth-order valence-corrected chi connectivity index (χ4v) is 2.69. The van der Waals surface area contributed by atoms with Crippen molar-refractivity contribution in [3.05, 3.63) is 77.2 Å². The van der Waals surface area contributed by atoms with Crippen molar-refractivity contribution >= 4 is 35.0 Å². The molecule has 0 bridgehead atoms. The number of hydrazine groups is 1. The number of nitrogens with one attached hydrogen (secondary N) is 3. The van der Waals surface area contributed by atoms with Crippen molar-refractivity contribution in [2.24, 2.45) is 0 Å². The van der Waals surface area contributed by atoms with Crippen LogP contribution in [0, 0.1) is 0 Å². The first kappa shape index (κ1) is 21.7. The highest BCUT2D eigenvalue weighted by molar-refractivity contribution is 6.30. The second kappa shape index (κ2) is 10.2. The normalized spacial score (nSPS) is 10.1. The number of carbonyl (C=O) groups is 3. The minimum atomic E-state index is -0.629. The molecule has 3 rings (SSSR count). The molecule has 0 fully saturated rings. The van der Waals surface area contributed by atoms with Gasteiger partial charge in [0.1, 0.15) is 11.5 Å². The van der Waals surface area contributed by atoms with Crippen LogP contribution in [0.25, 0.3) is 0 Å². The topological polar surface area (TPSA) is 119 Å². The summed E-state index contributed by atoms with van der Waals surface area (Å²) in [6.45, 7) is -0.366. The minimum absolute atomic E-state index is 0.0409. The fraction of sp³-hybridized carbons (Fsp3) is 0.0952. The summed E-state index contributed by atoms with van der Waals surface area (Å²) < 4.78 is 15.6. The Morgan fingerprint density at radius 3 is 2.48 bits per heavy atom. The molecule has 10 heteroatoms. The van der Waals surface area contributed by atoms with Crippen molar-refractivity contribution in [3.8, 4) is 11.5 Å². The summed E-state index contributed by atoms with van der Waals surface area (Å²) >= 11 is 5.91. The van der Waals surface area contributed by atoms with E-state index in [0.717, 1.165) is 0 Å². The van der Waals surface area contributed by atoms with Gasteiger partial charge in [0.25, 0.3) is 11.8 Å². The van der Waals surface area contributed by atoms with Gasteiger partial charge in [-0.05, 0) is 36.4 Å². The van der Waals surface area contributed by atoms with Gasteiger partial charge in [0.15, 0.2) is 12.4 Å². The van der Waals surface area contributed by atoms with E-state index in [1.807, 2.05) is 0 Å². The molecule has 0 unspecified atom stereocenters. The lowest BCUT2D eigenvalue weighted by Gasteiger charge is -2.13. The van der Waals surface area contributed by atoms with Gasteiger partial charge in [-0.3, -0.25) is 25.2 Å². The number of ether oxygens (including phenoxy) is 2. The SMILES string of the molecule is COc1cc(Cl)ccc1NC(=O)COc1ccccc1C(=O)NNC(=O)c1ccco1. The highest BCUT2D eigenvalue weighted by Gasteiger charge is 2.16. The number of hydrogen-bond donors (Lipinski definition) is 3. The number of halogens is 1. The van der Waals surface area contributed by atoms with Gasteiger partial charge in [-0.15, -0.1) is 0 Å². The number of amides is 3. The summed E-state index contributed by atoms with van der Waals surface area (Å²) in [6, 6.07) is 14.1. The number of para-hydroxylation sites is 1. The first-order valence-corrected chi connectivity index (χ1v) is 9.35. The molecule has 31 heavy (non-hydrogen) atoms. The standard InChI is InChI=1S/C21H18ClN3O6/c1-29-18-11-13(22)8-9-15(18)23-19(26)12-31-16-6-3-2-5-14(16)20(27)24-25-21(28)17-7-4-10-30-17/h2-11H,12H2,1H3,(H,23,26)(H,24,27)(H,25,28). The van der Waals surface area contributed by atoms with Crippen LogP contribution in [-0.2, 0) is 4.79 Å². The summed E-state index contributed by atoms with van der Waals surface area (Å²) in [6.07, 6.45) is 1.34. The lowest BCUT2D eigenvalue weighted by atomic mass is 10.2. The average molecular weight is 444 g/mol. The van der Waals surface area contributed by atoms with Crippen molar-refractivity contribution in [1.82, 2.24) is 10.9 Å². The smallest absolute Gasteiger partial charge is 0.305 e. The maximum Gasteiger partial charge on any atom is 0.305 e. The van der Waals surface area contributed by atoms with Crippen LogP contribution >= 0.6 is 11.6 Å². The molecule has 0 atom stereocenters. The van der Waals surface area contributed by atoms with Gasteiger partial charge in [0.2, 0.25) is 0 Å². The first-order valence-electron chi connectivity index (χ1n) is 8.97. The van der Waals surface area contributed by atoms with Crippen LogP contribution in [0.5, 0.6) is 11.5 Å². The molecule has 3 N–H and O–H groups in total. The Morgan fingerprint density at radius 2 is 1.74 bits per heavy atom. The van der Waals surface area contributed by atoms with Crippen molar-refractivity contribution < 1.29 is 28.3 Å². The fourth-order valence-electron chi connectivity index (χ4n) is 2.53. The second-order valence-corrected chi connectivity index (χ2v) is 6.50. The highest BCUT2D eigenvalue weighted by Crippen LogP contribution is 2.27. The van der Waals surface area contributed by atoms with Crippen molar-refractivity contribution in [1.29, 1.82) is 0 Å². The third-order valence-corrected chi connectivity index (χ3v) is 4.20. The Labute approximate surface area is 182 Å². The van der Waals surface area contributed by atoms with Gasteiger partial charge in [-0.2, -0.15) is 0 Å². The molecule has 1 aromatic heterocycles. The molecule has 0 radical (unpaired) electrons. The average Bonchev–Trinajstić information content (AvgIpc) is 3.32. The number of rotatable bonds is 7. The van der Waals surface area contributed by atoms with E-state index in [1.54, 1.807) is 36.4 Å². The molecule has 1 heterocycles. The van der Waals surface area contributed by atoms with E-state index in [1.165, 1.54) is 31.6 Å². The number of methoxy groups -OCH3 is 1.